The van der Waals surface area contributed by atoms with Gasteiger partial charge in [0.15, 0.2) is 23.1 Å². The van der Waals surface area contributed by atoms with Gasteiger partial charge >= 0.3 is 5.97 Å². The topological polar surface area (TPSA) is 77.5 Å². The van der Waals surface area contributed by atoms with E-state index in [2.05, 4.69) is 42.2 Å². The fraction of sp³-hybridized carbons (Fsp3) is 0.0625. The highest BCUT2D eigenvalue weighted by atomic mass is 79.9. The second-order valence-corrected chi connectivity index (χ2v) is 6.53. The highest BCUT2D eigenvalue weighted by Crippen LogP contribution is 2.36. The van der Waals surface area contributed by atoms with Gasteiger partial charge in [-0.25, -0.2) is 4.98 Å². The lowest BCUT2D eigenvalue weighted by atomic mass is 10.2. The summed E-state index contributed by atoms with van der Waals surface area (Å²) in [5, 5.41) is 2.66. The number of fused-ring (bicyclic) bond motifs is 1. The normalized spacial score (nSPS) is 14.6. The maximum absolute atomic E-state index is 12.1. The number of pyridine rings is 1. The molecule has 0 bridgehead atoms. The quantitative estimate of drug-likeness (QED) is 0.423. The Morgan fingerprint density at radius 3 is 2.71 bits per heavy atom. The number of aromatic nitrogens is 1. The predicted molar refractivity (Wildman–Crippen MR) is 94.6 cm³/mol. The van der Waals surface area contributed by atoms with Crippen LogP contribution in [0.15, 0.2) is 45.2 Å². The van der Waals surface area contributed by atoms with Gasteiger partial charge in [0.1, 0.15) is 0 Å². The van der Waals surface area contributed by atoms with E-state index in [0.29, 0.717) is 31.8 Å². The van der Waals surface area contributed by atoms with Gasteiger partial charge in [-0.05, 0) is 67.8 Å². The number of amides is 1. The minimum atomic E-state index is -0.429. The monoisotopic (exact) mass is 452 g/mol. The standard InChI is InChI=1S/C16H10Br2N2O4/c1-8(21)23-14-10(17)5-9(6-11(14)18)7-13-16(22)20-15-12(24-13)3-2-4-19-15/h2-7H,1H3,(H,19,20,22)/b13-7-. The van der Waals surface area contributed by atoms with Crippen molar-refractivity contribution in [3.63, 3.8) is 0 Å². The Morgan fingerprint density at radius 2 is 2.04 bits per heavy atom. The van der Waals surface area contributed by atoms with Crippen LogP contribution in [0.25, 0.3) is 6.08 Å². The zero-order valence-electron chi connectivity index (χ0n) is 12.3. The van der Waals surface area contributed by atoms with E-state index in [-0.39, 0.29) is 5.76 Å². The molecule has 0 radical (unpaired) electrons. The van der Waals surface area contributed by atoms with Crippen LogP contribution in [0.1, 0.15) is 12.5 Å². The molecule has 2 aromatic rings. The molecule has 0 unspecified atom stereocenters. The van der Waals surface area contributed by atoms with Gasteiger partial charge < -0.3 is 14.8 Å². The number of benzene rings is 1. The number of nitrogens with one attached hydrogen (secondary N) is 1. The molecule has 1 aliphatic heterocycles. The summed E-state index contributed by atoms with van der Waals surface area (Å²) in [4.78, 5) is 27.3. The zero-order chi connectivity index (χ0) is 17.3. The maximum Gasteiger partial charge on any atom is 0.308 e. The number of halogens is 2. The lowest BCUT2D eigenvalue weighted by Gasteiger charge is -2.18. The molecule has 0 aliphatic carbocycles. The summed E-state index contributed by atoms with van der Waals surface area (Å²) < 4.78 is 11.8. The van der Waals surface area contributed by atoms with E-state index < -0.39 is 11.9 Å². The molecule has 1 aliphatic rings. The van der Waals surface area contributed by atoms with E-state index >= 15 is 0 Å². The van der Waals surface area contributed by atoms with Gasteiger partial charge in [0, 0.05) is 13.1 Å². The van der Waals surface area contributed by atoms with Crippen LogP contribution >= 0.6 is 31.9 Å². The lowest BCUT2D eigenvalue weighted by Crippen LogP contribution is -2.24. The van der Waals surface area contributed by atoms with Crippen LogP contribution < -0.4 is 14.8 Å². The summed E-state index contributed by atoms with van der Waals surface area (Å²) in [6.45, 7) is 1.32. The van der Waals surface area contributed by atoms with Crippen LogP contribution in [0.4, 0.5) is 5.82 Å². The third kappa shape index (κ3) is 3.49. The van der Waals surface area contributed by atoms with Gasteiger partial charge in [0.25, 0.3) is 5.91 Å². The van der Waals surface area contributed by atoms with Crippen molar-refractivity contribution in [2.75, 3.05) is 5.32 Å². The Hall–Kier alpha value is -2.19. The Balaban J connectivity index is 1.94. The van der Waals surface area contributed by atoms with Gasteiger partial charge in [-0.1, -0.05) is 0 Å². The fourth-order valence-corrected chi connectivity index (χ4v) is 3.43. The number of esters is 1. The molecular formula is C16H10Br2N2O4. The second kappa shape index (κ2) is 6.74. The molecule has 1 N–H and O–H groups in total. The first kappa shape index (κ1) is 16.7. The number of carbonyl (C=O) groups excluding carboxylic acids is 2. The Morgan fingerprint density at radius 1 is 1.33 bits per heavy atom. The van der Waals surface area contributed by atoms with Gasteiger partial charge in [-0.3, -0.25) is 9.59 Å². The van der Waals surface area contributed by atoms with Crippen LogP contribution in [0.3, 0.4) is 0 Å². The molecule has 6 nitrogen and oxygen atoms in total. The van der Waals surface area contributed by atoms with Crippen molar-refractivity contribution in [2.24, 2.45) is 0 Å². The van der Waals surface area contributed by atoms with Gasteiger partial charge in [-0.15, -0.1) is 0 Å². The van der Waals surface area contributed by atoms with Crippen LogP contribution in [0.5, 0.6) is 11.5 Å². The number of nitrogens with zero attached hydrogens (tertiary/aromatic N) is 1. The summed E-state index contributed by atoms with van der Waals surface area (Å²) >= 11 is 6.69. The molecule has 122 valence electrons. The van der Waals surface area contributed by atoms with E-state index in [1.54, 1.807) is 36.5 Å². The average Bonchev–Trinajstić information content (AvgIpc) is 2.51. The van der Waals surface area contributed by atoms with Crippen molar-refractivity contribution in [1.29, 1.82) is 0 Å². The minimum absolute atomic E-state index is 0.134. The second-order valence-electron chi connectivity index (χ2n) is 4.82. The van der Waals surface area contributed by atoms with E-state index in [0.717, 1.165) is 0 Å². The minimum Gasteiger partial charge on any atom is -0.448 e. The number of hydrogen-bond donors (Lipinski definition) is 1. The molecule has 0 saturated heterocycles. The largest absolute Gasteiger partial charge is 0.448 e. The number of carbonyl (C=O) groups is 2. The molecule has 1 aromatic carbocycles. The number of ether oxygens (including phenoxy) is 2. The summed E-state index contributed by atoms with van der Waals surface area (Å²) in [7, 11) is 0. The average molecular weight is 454 g/mol. The summed E-state index contributed by atoms with van der Waals surface area (Å²) in [6, 6.07) is 6.86. The summed E-state index contributed by atoms with van der Waals surface area (Å²) in [5.41, 5.74) is 0.683. The van der Waals surface area contributed by atoms with E-state index in [1.165, 1.54) is 6.92 Å². The molecule has 8 heteroatoms. The molecule has 0 saturated carbocycles. The fourth-order valence-electron chi connectivity index (χ4n) is 2.05. The molecule has 3 rings (SSSR count). The molecule has 0 spiro atoms. The molecule has 1 amide bonds. The van der Waals surface area contributed by atoms with Crippen LogP contribution in [0.2, 0.25) is 0 Å². The first-order valence-electron chi connectivity index (χ1n) is 6.77. The first-order valence-corrected chi connectivity index (χ1v) is 8.36. The van der Waals surface area contributed by atoms with Crippen LogP contribution in [0, 0.1) is 0 Å². The molecule has 0 atom stereocenters. The van der Waals surface area contributed by atoms with Crippen LogP contribution in [-0.4, -0.2) is 16.9 Å². The molecule has 24 heavy (non-hydrogen) atoms. The van der Waals surface area contributed by atoms with Crippen molar-refractivity contribution in [3.05, 3.63) is 50.7 Å². The van der Waals surface area contributed by atoms with Gasteiger partial charge in [0.05, 0.1) is 8.95 Å². The SMILES string of the molecule is CC(=O)Oc1c(Br)cc(/C=C2\Oc3cccnc3NC2=O)cc1Br. The molecule has 1 aromatic heterocycles. The highest BCUT2D eigenvalue weighted by molar-refractivity contribution is 9.11. The van der Waals surface area contributed by atoms with E-state index in [9.17, 15) is 9.59 Å². The van der Waals surface area contributed by atoms with E-state index in [1.807, 2.05) is 0 Å². The number of rotatable bonds is 2. The molecule has 2 heterocycles. The molecular weight excluding hydrogens is 444 g/mol. The Bertz CT molecular complexity index is 857. The Labute approximate surface area is 154 Å². The third-order valence-electron chi connectivity index (χ3n) is 3.01. The lowest BCUT2D eigenvalue weighted by molar-refractivity contribution is -0.132. The highest BCUT2D eigenvalue weighted by Gasteiger charge is 2.23. The van der Waals surface area contributed by atoms with Crippen molar-refractivity contribution < 1.29 is 19.1 Å². The zero-order valence-corrected chi connectivity index (χ0v) is 15.5. The van der Waals surface area contributed by atoms with Gasteiger partial charge in [-0.2, -0.15) is 0 Å². The summed E-state index contributed by atoms with van der Waals surface area (Å²) in [5.74, 6) is 0.534. The Kier molecular flexibility index (Phi) is 4.68. The molecule has 0 fully saturated rings. The van der Waals surface area contributed by atoms with Gasteiger partial charge in [0.2, 0.25) is 0 Å². The van der Waals surface area contributed by atoms with Crippen molar-refractivity contribution in [1.82, 2.24) is 4.98 Å². The van der Waals surface area contributed by atoms with E-state index in [4.69, 9.17) is 9.47 Å². The third-order valence-corrected chi connectivity index (χ3v) is 4.19. The van der Waals surface area contributed by atoms with Crippen molar-refractivity contribution in [3.8, 4) is 11.5 Å². The van der Waals surface area contributed by atoms with Crippen molar-refractivity contribution >= 4 is 55.6 Å². The van der Waals surface area contributed by atoms with Crippen LogP contribution in [-0.2, 0) is 9.59 Å². The smallest absolute Gasteiger partial charge is 0.308 e. The van der Waals surface area contributed by atoms with Crippen molar-refractivity contribution in [2.45, 2.75) is 6.92 Å². The first-order chi connectivity index (χ1) is 11.4. The number of anilines is 1. The maximum atomic E-state index is 12.1. The summed E-state index contributed by atoms with van der Waals surface area (Å²) in [6.07, 6.45) is 3.15. The number of hydrogen-bond acceptors (Lipinski definition) is 5. The predicted octanol–water partition coefficient (Wildman–Crippen LogP) is 3.90.